The molecule has 1 aliphatic heterocycles. The van der Waals surface area contributed by atoms with E-state index < -0.39 is 48.8 Å². The molecular weight excluding hydrogens is 450 g/mol. The molecule has 0 spiro atoms. The van der Waals surface area contributed by atoms with E-state index in [-0.39, 0.29) is 30.0 Å². The number of sulfone groups is 1. The fourth-order valence-electron chi connectivity index (χ4n) is 3.21. The van der Waals surface area contributed by atoms with Crippen molar-refractivity contribution in [1.82, 2.24) is 4.31 Å². The number of ether oxygens (including phenoxy) is 1. The highest BCUT2D eigenvalue weighted by Gasteiger charge is 2.37. The first-order chi connectivity index (χ1) is 13.9. The zero-order valence-electron chi connectivity index (χ0n) is 15.3. The number of hydrogen-bond donors (Lipinski definition) is 0. The van der Waals surface area contributed by atoms with Gasteiger partial charge in [0.1, 0.15) is 11.6 Å². The van der Waals surface area contributed by atoms with Gasteiger partial charge >= 0.3 is 6.36 Å². The van der Waals surface area contributed by atoms with Gasteiger partial charge in [0, 0.05) is 18.7 Å². The summed E-state index contributed by atoms with van der Waals surface area (Å²) in [5.41, 5.74) is -0.0228. The molecule has 0 N–H and O–H groups in total. The molecule has 1 atom stereocenters. The van der Waals surface area contributed by atoms with Crippen molar-refractivity contribution in [2.75, 3.05) is 18.8 Å². The van der Waals surface area contributed by atoms with E-state index in [1.165, 1.54) is 18.2 Å². The Balaban J connectivity index is 1.84. The van der Waals surface area contributed by atoms with Crippen LogP contribution in [0, 0.1) is 5.82 Å². The van der Waals surface area contributed by atoms with E-state index >= 15 is 0 Å². The van der Waals surface area contributed by atoms with E-state index in [9.17, 15) is 34.4 Å². The van der Waals surface area contributed by atoms with Crippen LogP contribution in [0.1, 0.15) is 17.2 Å². The molecule has 1 heterocycles. The van der Waals surface area contributed by atoms with Gasteiger partial charge in [-0.15, -0.1) is 13.2 Å². The average Bonchev–Trinajstić information content (AvgIpc) is 2.80. The summed E-state index contributed by atoms with van der Waals surface area (Å²) in [6, 6.07) is 9.02. The maximum absolute atomic E-state index is 14.1. The van der Waals surface area contributed by atoms with Crippen molar-refractivity contribution in [1.29, 1.82) is 0 Å². The molecule has 2 aromatic rings. The van der Waals surface area contributed by atoms with Crippen LogP contribution in [0.4, 0.5) is 17.6 Å². The second kappa shape index (κ2) is 8.16. The van der Waals surface area contributed by atoms with E-state index in [2.05, 4.69) is 4.74 Å². The molecule has 12 heteroatoms. The van der Waals surface area contributed by atoms with E-state index in [4.69, 9.17) is 0 Å². The molecule has 6 nitrogen and oxygen atoms in total. The van der Waals surface area contributed by atoms with Crippen LogP contribution in [0.15, 0.2) is 53.4 Å². The van der Waals surface area contributed by atoms with Crippen LogP contribution in [0.3, 0.4) is 0 Å². The van der Waals surface area contributed by atoms with E-state index in [1.54, 1.807) is 0 Å². The summed E-state index contributed by atoms with van der Waals surface area (Å²) in [5, 5.41) is -1.19. The van der Waals surface area contributed by atoms with Crippen LogP contribution >= 0.6 is 0 Å². The summed E-state index contributed by atoms with van der Waals surface area (Å²) in [6.45, 7) is -0.544. The van der Waals surface area contributed by atoms with Gasteiger partial charge < -0.3 is 4.74 Å². The summed E-state index contributed by atoms with van der Waals surface area (Å²) in [7, 11) is -8.00. The fourth-order valence-corrected chi connectivity index (χ4v) is 6.58. The monoisotopic (exact) mass is 467 g/mol. The Bertz CT molecular complexity index is 1120. The van der Waals surface area contributed by atoms with Crippen LogP contribution in [-0.2, 0) is 19.9 Å². The van der Waals surface area contributed by atoms with Crippen molar-refractivity contribution in [3.63, 3.8) is 0 Å². The van der Waals surface area contributed by atoms with E-state index in [0.717, 1.165) is 34.6 Å². The molecule has 3 rings (SSSR count). The number of halogens is 4. The number of hydrogen-bond acceptors (Lipinski definition) is 5. The largest absolute Gasteiger partial charge is 0.573 e. The molecule has 0 radical (unpaired) electrons. The zero-order valence-corrected chi connectivity index (χ0v) is 17.0. The van der Waals surface area contributed by atoms with Gasteiger partial charge in [0.05, 0.1) is 15.9 Å². The topological polar surface area (TPSA) is 80.8 Å². The Morgan fingerprint density at radius 2 is 1.63 bits per heavy atom. The molecule has 30 heavy (non-hydrogen) atoms. The Hall–Kier alpha value is -2.18. The maximum atomic E-state index is 14.1. The summed E-state index contributed by atoms with van der Waals surface area (Å²) >= 11 is 0. The Morgan fingerprint density at radius 1 is 1.00 bits per heavy atom. The predicted molar refractivity (Wildman–Crippen MR) is 99.4 cm³/mol. The number of sulfonamides is 1. The molecule has 1 saturated heterocycles. The minimum absolute atomic E-state index is 0.0228. The van der Waals surface area contributed by atoms with Crippen molar-refractivity contribution >= 4 is 19.9 Å². The molecule has 0 amide bonds. The molecule has 2 aromatic carbocycles. The molecule has 1 unspecified atom stereocenters. The summed E-state index contributed by atoms with van der Waals surface area (Å²) in [4.78, 5) is -0.307. The minimum atomic E-state index is -4.92. The third-order valence-corrected chi connectivity index (χ3v) is 8.67. The SMILES string of the molecule is O=S1(=O)CCN(S(=O)(=O)c2ccc(OC(F)(F)F)cc2)CCC1c1ccccc1F. The second-order valence-corrected chi connectivity index (χ2v) is 10.8. The summed E-state index contributed by atoms with van der Waals surface area (Å²) in [6.07, 6.45) is -5.07. The van der Waals surface area contributed by atoms with Crippen LogP contribution in [-0.4, -0.2) is 46.3 Å². The zero-order chi connectivity index (χ0) is 22.2. The van der Waals surface area contributed by atoms with Crippen LogP contribution in [0.25, 0.3) is 0 Å². The van der Waals surface area contributed by atoms with Gasteiger partial charge in [0.2, 0.25) is 10.0 Å². The van der Waals surface area contributed by atoms with Gasteiger partial charge in [-0.2, -0.15) is 4.31 Å². The predicted octanol–water partition coefficient (Wildman–Crippen LogP) is 3.27. The highest BCUT2D eigenvalue weighted by atomic mass is 32.2. The third-order valence-electron chi connectivity index (χ3n) is 4.65. The lowest BCUT2D eigenvalue weighted by atomic mass is 10.1. The molecule has 1 fully saturated rings. The van der Waals surface area contributed by atoms with Gasteiger partial charge in [-0.1, -0.05) is 18.2 Å². The van der Waals surface area contributed by atoms with Gasteiger partial charge in [0.15, 0.2) is 9.84 Å². The molecule has 0 bridgehead atoms. The highest BCUT2D eigenvalue weighted by molar-refractivity contribution is 7.92. The maximum Gasteiger partial charge on any atom is 0.573 e. The van der Waals surface area contributed by atoms with Crippen molar-refractivity contribution in [3.8, 4) is 5.75 Å². The van der Waals surface area contributed by atoms with Crippen molar-refractivity contribution in [3.05, 3.63) is 59.9 Å². The Morgan fingerprint density at radius 3 is 2.23 bits per heavy atom. The number of benzene rings is 2. The molecule has 0 aliphatic carbocycles. The standard InChI is InChI=1S/C18H17F4NO5S2/c19-16-4-2-1-3-15(16)17-9-10-23(11-12-29(17,24)25)30(26,27)14-7-5-13(6-8-14)28-18(20,21)22/h1-8,17H,9-12H2. The van der Waals surface area contributed by atoms with Crippen LogP contribution < -0.4 is 4.74 Å². The molecular formula is C18H17F4NO5S2. The Labute approximate surface area is 171 Å². The van der Waals surface area contributed by atoms with E-state index in [0.29, 0.717) is 0 Å². The van der Waals surface area contributed by atoms with Gasteiger partial charge in [-0.3, -0.25) is 0 Å². The first-order valence-corrected chi connectivity index (χ1v) is 11.9. The third kappa shape index (κ3) is 4.93. The first-order valence-electron chi connectivity index (χ1n) is 8.72. The summed E-state index contributed by atoms with van der Waals surface area (Å²) < 4.78 is 106. The highest BCUT2D eigenvalue weighted by Crippen LogP contribution is 2.33. The molecule has 0 saturated carbocycles. The van der Waals surface area contributed by atoms with Crippen molar-refractivity contribution < 1.29 is 39.1 Å². The first kappa shape index (κ1) is 22.5. The number of rotatable bonds is 4. The normalized spacial score (nSPS) is 20.5. The smallest absolute Gasteiger partial charge is 0.406 e. The quantitative estimate of drug-likeness (QED) is 0.645. The van der Waals surface area contributed by atoms with Crippen LogP contribution in [0.5, 0.6) is 5.75 Å². The number of nitrogens with zero attached hydrogens (tertiary/aromatic N) is 1. The Kier molecular flexibility index (Phi) is 6.12. The van der Waals surface area contributed by atoms with Crippen molar-refractivity contribution in [2.45, 2.75) is 22.9 Å². The fraction of sp³-hybridized carbons (Fsp3) is 0.333. The second-order valence-electron chi connectivity index (χ2n) is 6.59. The minimum Gasteiger partial charge on any atom is -0.406 e. The van der Waals surface area contributed by atoms with Gasteiger partial charge in [0.25, 0.3) is 0 Å². The van der Waals surface area contributed by atoms with Gasteiger partial charge in [-0.05, 0) is 36.8 Å². The van der Waals surface area contributed by atoms with Crippen molar-refractivity contribution in [2.24, 2.45) is 0 Å². The lowest BCUT2D eigenvalue weighted by molar-refractivity contribution is -0.274. The van der Waals surface area contributed by atoms with E-state index in [1.807, 2.05) is 0 Å². The molecule has 0 aromatic heterocycles. The number of alkyl halides is 3. The lowest BCUT2D eigenvalue weighted by Gasteiger charge is -2.20. The average molecular weight is 467 g/mol. The van der Waals surface area contributed by atoms with Crippen LogP contribution in [0.2, 0.25) is 0 Å². The summed E-state index contributed by atoms with van der Waals surface area (Å²) in [5.74, 6) is -1.79. The molecule has 1 aliphatic rings. The van der Waals surface area contributed by atoms with Gasteiger partial charge in [-0.25, -0.2) is 21.2 Å². The lowest BCUT2D eigenvalue weighted by Crippen LogP contribution is -2.33. The molecule has 164 valence electrons.